The molecule has 4 aliphatic carbocycles. The van der Waals surface area contributed by atoms with Crippen molar-refractivity contribution in [2.24, 2.45) is 23.2 Å². The number of halogens is 4. The summed E-state index contributed by atoms with van der Waals surface area (Å²) in [5.74, 6) is -3.40. The molecule has 0 aromatic rings. The quantitative estimate of drug-likeness (QED) is 0.238. The van der Waals surface area contributed by atoms with Gasteiger partial charge in [0.05, 0.1) is 19.1 Å². The minimum atomic E-state index is -5.71. The molecule has 0 saturated heterocycles. The molecule has 0 heterocycles. The van der Waals surface area contributed by atoms with Crippen molar-refractivity contribution in [3.05, 3.63) is 0 Å². The predicted octanol–water partition coefficient (Wildman–Crippen LogP) is 4.12. The third kappa shape index (κ3) is 3.78. The van der Waals surface area contributed by atoms with E-state index in [-0.39, 0.29) is 19.0 Å². The zero-order valence-corrected chi connectivity index (χ0v) is 16.6. The highest BCUT2D eigenvalue weighted by Crippen LogP contribution is 2.60. The average Bonchev–Trinajstić information content (AvgIpc) is 2.59. The molecule has 0 aromatic heterocycles. The molecule has 4 fully saturated rings. The first kappa shape index (κ1) is 21.8. The number of carbonyl (C=O) groups excluding carboxylic acids is 1. The Bertz CT molecular complexity index is 671. The number of unbranched alkanes of at least 4 members (excludes halogenated alkanes) is 1. The van der Waals surface area contributed by atoms with E-state index in [1.807, 2.05) is 0 Å². The standard InChI is InChI=1S/C18H26F4O5S/c1-26-28(24,25)18(21,22)17(19,20)4-2-3-5-27-15(23)16-9-12-6-13(10-16)8-14(7-12)11-16/h12-14H,2-11H2,1H3. The first-order valence-electron chi connectivity index (χ1n) is 9.65. The molecule has 4 saturated carbocycles. The van der Waals surface area contributed by atoms with Crippen LogP contribution in [0.1, 0.15) is 57.8 Å². The van der Waals surface area contributed by atoms with E-state index >= 15 is 0 Å². The Morgan fingerprint density at radius 2 is 1.50 bits per heavy atom. The molecule has 28 heavy (non-hydrogen) atoms. The van der Waals surface area contributed by atoms with E-state index < -0.39 is 39.6 Å². The lowest BCUT2D eigenvalue weighted by Crippen LogP contribution is -2.50. The summed E-state index contributed by atoms with van der Waals surface area (Å²) in [6, 6.07) is 0. The van der Waals surface area contributed by atoms with Crippen molar-refractivity contribution >= 4 is 16.1 Å². The Morgan fingerprint density at radius 3 is 1.96 bits per heavy atom. The minimum Gasteiger partial charge on any atom is -0.465 e. The maximum Gasteiger partial charge on any atom is 0.431 e. The number of carbonyl (C=O) groups is 1. The first-order valence-corrected chi connectivity index (χ1v) is 11.1. The lowest BCUT2D eigenvalue weighted by atomic mass is 9.49. The molecule has 162 valence electrons. The van der Waals surface area contributed by atoms with Crippen molar-refractivity contribution in [1.82, 2.24) is 0 Å². The van der Waals surface area contributed by atoms with Gasteiger partial charge in [-0.15, -0.1) is 0 Å². The van der Waals surface area contributed by atoms with Gasteiger partial charge < -0.3 is 4.74 Å². The third-order valence-corrected chi connectivity index (χ3v) is 7.91. The second kappa shape index (κ2) is 7.41. The Kier molecular flexibility index (Phi) is 5.77. The fraction of sp³-hybridized carbons (Fsp3) is 0.944. The molecule has 0 radical (unpaired) electrons. The molecular weight excluding hydrogens is 404 g/mol. The molecule has 0 spiro atoms. The second-order valence-corrected chi connectivity index (χ2v) is 10.4. The summed E-state index contributed by atoms with van der Waals surface area (Å²) in [5.41, 5.74) is -0.460. The van der Waals surface area contributed by atoms with Gasteiger partial charge in [-0.3, -0.25) is 8.98 Å². The summed E-state index contributed by atoms with van der Waals surface area (Å²) >= 11 is 0. The molecule has 0 atom stereocenters. The Balaban J connectivity index is 1.45. The van der Waals surface area contributed by atoms with Crippen molar-refractivity contribution < 1.29 is 39.7 Å². The molecule has 0 aromatic carbocycles. The third-order valence-electron chi connectivity index (χ3n) is 6.55. The van der Waals surface area contributed by atoms with Crippen LogP contribution in [0.2, 0.25) is 0 Å². The molecule has 0 amide bonds. The van der Waals surface area contributed by atoms with Crippen molar-refractivity contribution in [1.29, 1.82) is 0 Å². The van der Waals surface area contributed by atoms with Crippen molar-refractivity contribution in [2.75, 3.05) is 13.7 Å². The van der Waals surface area contributed by atoms with Gasteiger partial charge >= 0.3 is 27.3 Å². The predicted molar refractivity (Wildman–Crippen MR) is 91.2 cm³/mol. The van der Waals surface area contributed by atoms with Crippen LogP contribution in [-0.2, 0) is 23.8 Å². The summed E-state index contributed by atoms with van der Waals surface area (Å²) < 4.78 is 85.2. The molecular formula is C18H26F4O5S. The molecule has 5 nitrogen and oxygen atoms in total. The van der Waals surface area contributed by atoms with Gasteiger partial charge in [0.2, 0.25) is 0 Å². The van der Waals surface area contributed by atoms with Gasteiger partial charge in [0.1, 0.15) is 0 Å². The summed E-state index contributed by atoms with van der Waals surface area (Å²) in [4.78, 5) is 12.6. The Morgan fingerprint density at radius 1 is 1.00 bits per heavy atom. The maximum atomic E-state index is 13.7. The number of ether oxygens (including phenoxy) is 1. The van der Waals surface area contributed by atoms with E-state index in [1.165, 1.54) is 19.3 Å². The van der Waals surface area contributed by atoms with Gasteiger partial charge in [-0.2, -0.15) is 26.0 Å². The molecule has 10 heteroatoms. The van der Waals surface area contributed by atoms with E-state index in [2.05, 4.69) is 4.18 Å². The Labute approximate surface area is 162 Å². The average molecular weight is 430 g/mol. The summed E-state index contributed by atoms with van der Waals surface area (Å²) in [5, 5.41) is -5.31. The van der Waals surface area contributed by atoms with Crippen LogP contribution in [0, 0.1) is 23.2 Å². The number of hydrogen-bond acceptors (Lipinski definition) is 5. The lowest BCUT2D eigenvalue weighted by Gasteiger charge is -2.55. The summed E-state index contributed by atoms with van der Waals surface area (Å²) in [7, 11) is -5.30. The van der Waals surface area contributed by atoms with Gasteiger partial charge in [-0.25, -0.2) is 0 Å². The van der Waals surface area contributed by atoms with Crippen LogP contribution in [0.15, 0.2) is 0 Å². The zero-order chi connectivity index (χ0) is 20.8. The number of rotatable bonds is 9. The van der Waals surface area contributed by atoms with Gasteiger partial charge in [-0.05, 0) is 69.1 Å². The zero-order valence-electron chi connectivity index (χ0n) is 15.8. The summed E-state index contributed by atoms with van der Waals surface area (Å²) in [6.45, 7) is -0.140. The van der Waals surface area contributed by atoms with E-state index in [4.69, 9.17) is 4.74 Å². The van der Waals surface area contributed by atoms with Crippen LogP contribution in [0.25, 0.3) is 0 Å². The van der Waals surface area contributed by atoms with E-state index in [1.54, 1.807) is 0 Å². The van der Waals surface area contributed by atoms with Crippen molar-refractivity contribution in [3.8, 4) is 0 Å². The number of hydrogen-bond donors (Lipinski definition) is 0. The minimum absolute atomic E-state index is 0.0448. The highest BCUT2D eigenvalue weighted by atomic mass is 32.2. The van der Waals surface area contributed by atoms with Gasteiger partial charge in [0, 0.05) is 6.42 Å². The molecule has 4 rings (SSSR count). The normalized spacial score (nSPS) is 32.5. The fourth-order valence-corrected chi connectivity index (χ4v) is 6.24. The molecule has 4 bridgehead atoms. The SMILES string of the molecule is COS(=O)(=O)C(F)(F)C(F)(F)CCCCOC(=O)C12CC3CC(CC(C3)C1)C2. The topological polar surface area (TPSA) is 69.7 Å². The monoisotopic (exact) mass is 430 g/mol. The highest BCUT2D eigenvalue weighted by Gasteiger charge is 2.65. The van der Waals surface area contributed by atoms with Crippen LogP contribution >= 0.6 is 0 Å². The highest BCUT2D eigenvalue weighted by molar-refractivity contribution is 7.87. The molecule has 4 aliphatic rings. The smallest absolute Gasteiger partial charge is 0.431 e. The molecule has 0 unspecified atom stereocenters. The maximum absolute atomic E-state index is 13.7. The van der Waals surface area contributed by atoms with Crippen LogP contribution < -0.4 is 0 Å². The van der Waals surface area contributed by atoms with E-state index in [9.17, 15) is 30.8 Å². The molecule has 0 aliphatic heterocycles. The largest absolute Gasteiger partial charge is 0.465 e. The van der Waals surface area contributed by atoms with Gasteiger partial charge in [-0.1, -0.05) is 0 Å². The lowest BCUT2D eigenvalue weighted by molar-refractivity contribution is -0.173. The fourth-order valence-electron chi connectivity index (χ4n) is 5.56. The van der Waals surface area contributed by atoms with Crippen LogP contribution in [0.3, 0.4) is 0 Å². The van der Waals surface area contributed by atoms with Crippen molar-refractivity contribution in [2.45, 2.75) is 69.0 Å². The van der Waals surface area contributed by atoms with Crippen LogP contribution in [0.5, 0.6) is 0 Å². The first-order chi connectivity index (χ1) is 12.9. The second-order valence-electron chi connectivity index (χ2n) is 8.63. The van der Waals surface area contributed by atoms with Crippen LogP contribution in [0.4, 0.5) is 17.6 Å². The molecule has 0 N–H and O–H groups in total. The summed E-state index contributed by atoms with van der Waals surface area (Å²) in [6.07, 6.45) is 4.15. The van der Waals surface area contributed by atoms with Gasteiger partial charge in [0.15, 0.2) is 0 Å². The van der Waals surface area contributed by atoms with Gasteiger partial charge in [0.25, 0.3) is 0 Å². The van der Waals surface area contributed by atoms with E-state index in [0.29, 0.717) is 24.9 Å². The van der Waals surface area contributed by atoms with Crippen molar-refractivity contribution in [3.63, 3.8) is 0 Å². The van der Waals surface area contributed by atoms with Crippen LogP contribution in [-0.4, -0.2) is 39.3 Å². The number of esters is 1. The Hall–Kier alpha value is -0.900. The van der Waals surface area contributed by atoms with E-state index in [0.717, 1.165) is 19.3 Å². The number of alkyl halides is 4.